The van der Waals surface area contributed by atoms with Crippen LogP contribution in [-0.2, 0) is 0 Å². The molecule has 3 N–H and O–H groups in total. The minimum Gasteiger partial charge on any atom is -0.388 e. The van der Waals surface area contributed by atoms with Gasteiger partial charge in [-0.05, 0) is 5.92 Å². The number of aromatic nitrogens is 3. The summed E-state index contributed by atoms with van der Waals surface area (Å²) in [5, 5.41) is 5.87. The van der Waals surface area contributed by atoms with Gasteiger partial charge in [0, 0.05) is 17.8 Å². The van der Waals surface area contributed by atoms with E-state index in [4.69, 9.17) is 18.0 Å². The van der Waals surface area contributed by atoms with Gasteiger partial charge in [0.25, 0.3) is 0 Å². The van der Waals surface area contributed by atoms with Crippen LogP contribution in [0.4, 0.5) is 10.9 Å². The van der Waals surface area contributed by atoms with Crippen LogP contribution < -0.4 is 11.1 Å². The number of hydrogen-bond donors (Lipinski definition) is 2. The first kappa shape index (κ1) is 12.8. The van der Waals surface area contributed by atoms with Crippen molar-refractivity contribution in [3.63, 3.8) is 0 Å². The number of rotatable bonds is 4. The van der Waals surface area contributed by atoms with Crippen LogP contribution in [0.2, 0.25) is 0 Å². The van der Waals surface area contributed by atoms with E-state index in [0.717, 1.165) is 10.8 Å². The van der Waals surface area contributed by atoms with Crippen LogP contribution in [0.5, 0.6) is 0 Å². The molecule has 94 valence electrons. The van der Waals surface area contributed by atoms with Crippen LogP contribution in [0.1, 0.15) is 31.2 Å². The van der Waals surface area contributed by atoms with Crippen LogP contribution in [0.25, 0.3) is 0 Å². The van der Waals surface area contributed by atoms with Crippen LogP contribution in [0.3, 0.4) is 0 Å². The number of hydrogen-bond acceptors (Lipinski definition) is 6. The fourth-order valence-corrected chi connectivity index (χ4v) is 2.34. The van der Waals surface area contributed by atoms with Crippen LogP contribution in [-0.4, -0.2) is 19.9 Å². The molecule has 0 saturated carbocycles. The third-order valence-corrected chi connectivity index (χ3v) is 3.24. The Kier molecular flexibility index (Phi) is 3.83. The molecule has 18 heavy (non-hydrogen) atoms. The molecule has 0 aliphatic heterocycles. The Morgan fingerprint density at radius 2 is 2.11 bits per heavy atom. The molecule has 5 nitrogen and oxygen atoms in total. The van der Waals surface area contributed by atoms with Gasteiger partial charge in [-0.1, -0.05) is 26.1 Å². The highest BCUT2D eigenvalue weighted by atomic mass is 32.1. The molecule has 0 fully saturated rings. The maximum Gasteiger partial charge on any atom is 0.188 e. The zero-order chi connectivity index (χ0) is 13.1. The summed E-state index contributed by atoms with van der Waals surface area (Å²) in [6.07, 6.45) is 3.14. The highest BCUT2D eigenvalue weighted by Crippen LogP contribution is 2.24. The van der Waals surface area contributed by atoms with E-state index in [2.05, 4.69) is 34.1 Å². The summed E-state index contributed by atoms with van der Waals surface area (Å²) in [5.74, 6) is 0.934. The standard InChI is InChI=1S/C11H13N5S2/c1-6(2)7-5-18-11(15-7)16-10-8(9(12)17)13-3-4-14-10/h3-6H,1-2H3,(H2,12,17)(H,14,15,16). The lowest BCUT2D eigenvalue weighted by Gasteiger charge is -2.05. The molecule has 0 aliphatic rings. The predicted molar refractivity (Wildman–Crippen MR) is 77.4 cm³/mol. The van der Waals surface area contributed by atoms with Gasteiger partial charge in [0.05, 0.1) is 5.69 Å². The maximum absolute atomic E-state index is 5.59. The van der Waals surface area contributed by atoms with Gasteiger partial charge in [-0.15, -0.1) is 11.3 Å². The van der Waals surface area contributed by atoms with E-state index in [1.807, 2.05) is 5.38 Å². The first-order valence-electron chi connectivity index (χ1n) is 5.41. The molecule has 0 radical (unpaired) electrons. The van der Waals surface area contributed by atoms with E-state index in [1.54, 1.807) is 12.4 Å². The second-order valence-electron chi connectivity index (χ2n) is 3.98. The Hall–Kier alpha value is -1.60. The van der Waals surface area contributed by atoms with Gasteiger partial charge in [-0.2, -0.15) is 0 Å². The van der Waals surface area contributed by atoms with Crippen molar-refractivity contribution in [1.82, 2.24) is 15.0 Å². The van der Waals surface area contributed by atoms with Crippen LogP contribution in [0, 0.1) is 0 Å². The van der Waals surface area contributed by atoms with Crippen LogP contribution in [0.15, 0.2) is 17.8 Å². The molecular formula is C11H13N5S2. The van der Waals surface area contributed by atoms with Gasteiger partial charge in [-0.3, -0.25) is 0 Å². The van der Waals surface area contributed by atoms with E-state index in [1.165, 1.54) is 11.3 Å². The minimum absolute atomic E-state index is 0.214. The summed E-state index contributed by atoms with van der Waals surface area (Å²) in [7, 11) is 0. The summed E-state index contributed by atoms with van der Waals surface area (Å²) < 4.78 is 0. The predicted octanol–water partition coefficient (Wildman–Crippen LogP) is 2.43. The first-order chi connectivity index (χ1) is 8.58. The van der Waals surface area contributed by atoms with Crippen molar-refractivity contribution in [1.29, 1.82) is 0 Å². The molecule has 0 aromatic carbocycles. The molecule has 7 heteroatoms. The highest BCUT2D eigenvalue weighted by molar-refractivity contribution is 7.80. The Morgan fingerprint density at radius 1 is 1.39 bits per heavy atom. The van der Waals surface area contributed by atoms with Gasteiger partial charge in [0.1, 0.15) is 10.7 Å². The van der Waals surface area contributed by atoms with E-state index < -0.39 is 0 Å². The summed E-state index contributed by atoms with van der Waals surface area (Å²) in [5.41, 5.74) is 7.12. The van der Waals surface area contributed by atoms with Gasteiger partial charge in [0.2, 0.25) is 0 Å². The molecule has 0 unspecified atom stereocenters. The summed E-state index contributed by atoms with van der Waals surface area (Å²) >= 11 is 6.45. The molecular weight excluding hydrogens is 266 g/mol. The molecule has 2 heterocycles. The largest absolute Gasteiger partial charge is 0.388 e. The topological polar surface area (TPSA) is 76.7 Å². The molecule has 0 amide bonds. The maximum atomic E-state index is 5.59. The van der Waals surface area contributed by atoms with Crippen molar-refractivity contribution < 1.29 is 0 Å². The zero-order valence-electron chi connectivity index (χ0n) is 10.0. The van der Waals surface area contributed by atoms with E-state index >= 15 is 0 Å². The first-order valence-corrected chi connectivity index (χ1v) is 6.70. The smallest absolute Gasteiger partial charge is 0.188 e. The number of nitrogens with one attached hydrogen (secondary N) is 1. The van der Waals surface area contributed by atoms with Crippen molar-refractivity contribution in [2.24, 2.45) is 5.73 Å². The van der Waals surface area contributed by atoms with E-state index in [-0.39, 0.29) is 4.99 Å². The third-order valence-electron chi connectivity index (χ3n) is 2.27. The van der Waals surface area contributed by atoms with Crippen molar-refractivity contribution in [2.75, 3.05) is 5.32 Å². The van der Waals surface area contributed by atoms with Crippen LogP contribution >= 0.6 is 23.6 Å². The zero-order valence-corrected chi connectivity index (χ0v) is 11.7. The van der Waals surface area contributed by atoms with Crippen molar-refractivity contribution in [2.45, 2.75) is 19.8 Å². The summed E-state index contributed by atoms with van der Waals surface area (Å²) in [6.45, 7) is 4.20. The lowest BCUT2D eigenvalue weighted by molar-refractivity contribution is 0.834. The monoisotopic (exact) mass is 279 g/mol. The number of nitrogens with two attached hydrogens (primary N) is 1. The summed E-state index contributed by atoms with van der Waals surface area (Å²) in [4.78, 5) is 13.0. The second-order valence-corrected chi connectivity index (χ2v) is 5.27. The Balaban J connectivity index is 2.25. The molecule has 0 spiro atoms. The van der Waals surface area contributed by atoms with E-state index in [0.29, 0.717) is 17.4 Å². The number of thiocarbonyl (C=S) groups is 1. The minimum atomic E-state index is 0.214. The average molecular weight is 279 g/mol. The van der Waals surface area contributed by atoms with Crippen molar-refractivity contribution >= 4 is 39.5 Å². The van der Waals surface area contributed by atoms with Gasteiger partial charge >= 0.3 is 0 Å². The number of anilines is 2. The Bertz CT molecular complexity index is 564. The van der Waals surface area contributed by atoms with E-state index in [9.17, 15) is 0 Å². The van der Waals surface area contributed by atoms with Crippen molar-refractivity contribution in [3.8, 4) is 0 Å². The Labute approximate surface area is 114 Å². The fourth-order valence-electron chi connectivity index (χ4n) is 1.32. The molecule has 2 aromatic heterocycles. The number of thiazole rings is 1. The third kappa shape index (κ3) is 2.80. The molecule has 0 saturated heterocycles. The quantitative estimate of drug-likeness (QED) is 0.837. The highest BCUT2D eigenvalue weighted by Gasteiger charge is 2.11. The van der Waals surface area contributed by atoms with Gasteiger partial charge < -0.3 is 11.1 Å². The van der Waals surface area contributed by atoms with Gasteiger partial charge in [0.15, 0.2) is 10.9 Å². The lowest BCUT2D eigenvalue weighted by atomic mass is 10.2. The SMILES string of the molecule is CC(C)c1csc(Nc2nccnc2C(N)=S)n1. The molecule has 2 rings (SSSR count). The fraction of sp³-hybridized carbons (Fsp3) is 0.273. The number of nitrogens with zero attached hydrogens (tertiary/aromatic N) is 3. The summed E-state index contributed by atoms with van der Waals surface area (Å²) in [6, 6.07) is 0. The lowest BCUT2D eigenvalue weighted by Crippen LogP contribution is -2.14. The normalized spacial score (nSPS) is 10.6. The molecule has 2 aromatic rings. The second kappa shape index (κ2) is 5.36. The Morgan fingerprint density at radius 3 is 2.72 bits per heavy atom. The van der Waals surface area contributed by atoms with Crippen molar-refractivity contribution in [3.05, 3.63) is 29.2 Å². The van der Waals surface area contributed by atoms with Gasteiger partial charge in [-0.25, -0.2) is 15.0 Å². The molecule has 0 aliphatic carbocycles. The molecule has 0 bridgehead atoms. The molecule has 0 atom stereocenters. The average Bonchev–Trinajstić information content (AvgIpc) is 2.78.